The predicted octanol–water partition coefficient (Wildman–Crippen LogP) is 2.14. The molecule has 1 aliphatic rings. The van der Waals surface area contributed by atoms with Crippen molar-refractivity contribution in [3.8, 4) is 0 Å². The van der Waals surface area contributed by atoms with Gasteiger partial charge in [0, 0.05) is 5.71 Å². The van der Waals surface area contributed by atoms with E-state index in [0.717, 1.165) is 24.7 Å². The van der Waals surface area contributed by atoms with Gasteiger partial charge in [-0.3, -0.25) is 4.76 Å². The van der Waals surface area contributed by atoms with E-state index in [9.17, 15) is 4.89 Å². The molecule has 1 fully saturated rings. The summed E-state index contributed by atoms with van der Waals surface area (Å²) in [5.41, 5.74) is 1.17. The number of hydrogen-bond donors (Lipinski definition) is 0. The Balaban J connectivity index is 2.34. The third-order valence-electron chi connectivity index (χ3n) is 2.75. The van der Waals surface area contributed by atoms with Gasteiger partial charge in [-0.05, 0) is 37.5 Å². The van der Waals surface area contributed by atoms with Crippen molar-refractivity contribution in [1.29, 1.82) is 0 Å². The molecule has 0 radical (unpaired) electrons. The highest BCUT2D eigenvalue weighted by molar-refractivity contribution is 7.28. The fourth-order valence-electron chi connectivity index (χ4n) is 1.82. The van der Waals surface area contributed by atoms with Crippen LogP contribution in [0.2, 0.25) is 0 Å². The van der Waals surface area contributed by atoms with Gasteiger partial charge in [0.05, 0.1) is 0 Å². The molecule has 1 saturated carbocycles. The molecule has 0 aromatic heterocycles. The van der Waals surface area contributed by atoms with Crippen LogP contribution < -0.4 is 4.89 Å². The fourth-order valence-corrected chi connectivity index (χ4v) is 2.17. The monoisotopic (exact) mass is 186 g/mol. The minimum atomic E-state index is -0.487. The molecule has 3 heteroatoms. The van der Waals surface area contributed by atoms with Crippen LogP contribution in [0.3, 0.4) is 0 Å². The quantitative estimate of drug-likeness (QED) is 0.608. The maximum atomic E-state index is 10.3. The number of nitrogens with zero attached hydrogens (tertiary/aromatic N) is 1. The Kier molecular flexibility index (Phi) is 4.17. The molecular weight excluding hydrogens is 169 g/mol. The Morgan fingerprint density at radius 2 is 2.00 bits per heavy atom. The molecular formula is C9H17NOP-. The first-order valence-electron chi connectivity index (χ1n) is 4.66. The molecule has 0 heterocycles. The van der Waals surface area contributed by atoms with E-state index < -0.39 is 8.96 Å². The summed E-state index contributed by atoms with van der Waals surface area (Å²) in [7, 11) is -0.487. The third kappa shape index (κ3) is 2.84. The van der Waals surface area contributed by atoms with Gasteiger partial charge < -0.3 is 4.89 Å². The summed E-state index contributed by atoms with van der Waals surface area (Å²) in [6.07, 6.45) is 4.61. The molecule has 0 bridgehead atoms. The second-order valence-electron chi connectivity index (χ2n) is 3.85. The van der Waals surface area contributed by atoms with Crippen LogP contribution in [-0.4, -0.2) is 5.71 Å². The van der Waals surface area contributed by atoms with Crippen molar-refractivity contribution in [2.75, 3.05) is 0 Å². The maximum Gasteiger partial charge on any atom is 0.0150 e. The lowest BCUT2D eigenvalue weighted by Crippen LogP contribution is -2.18. The summed E-state index contributed by atoms with van der Waals surface area (Å²) in [6, 6.07) is 0. The van der Waals surface area contributed by atoms with Crippen molar-refractivity contribution in [1.82, 2.24) is 0 Å². The molecule has 0 N–H and O–H groups in total. The van der Waals surface area contributed by atoms with E-state index in [1.165, 1.54) is 18.6 Å². The van der Waals surface area contributed by atoms with Gasteiger partial charge in [-0.1, -0.05) is 22.8 Å². The van der Waals surface area contributed by atoms with Crippen LogP contribution in [0.4, 0.5) is 0 Å². The van der Waals surface area contributed by atoms with Crippen LogP contribution in [0, 0.1) is 11.8 Å². The van der Waals surface area contributed by atoms with Gasteiger partial charge >= 0.3 is 0 Å². The third-order valence-corrected chi connectivity index (χ3v) is 3.16. The smallest absolute Gasteiger partial charge is 0.0150 e. The molecule has 1 atom stereocenters. The van der Waals surface area contributed by atoms with Crippen LogP contribution in [0.25, 0.3) is 0 Å². The molecule has 0 spiro atoms. The Morgan fingerprint density at radius 3 is 2.42 bits per heavy atom. The first kappa shape index (κ1) is 10.1. The molecule has 1 unspecified atom stereocenters. The summed E-state index contributed by atoms with van der Waals surface area (Å²) in [4.78, 5) is 10.3. The lowest BCUT2D eigenvalue weighted by molar-refractivity contribution is -0.150. The maximum absolute atomic E-state index is 10.3. The minimum absolute atomic E-state index is 0.487. The molecule has 1 aliphatic carbocycles. The summed E-state index contributed by atoms with van der Waals surface area (Å²) in [5, 5.41) is 0. The second kappa shape index (κ2) is 4.94. The van der Waals surface area contributed by atoms with Crippen molar-refractivity contribution in [2.24, 2.45) is 16.6 Å². The summed E-state index contributed by atoms with van der Waals surface area (Å²) in [6.45, 7) is 4.56. The Labute approximate surface area is 76.4 Å². The standard InChI is InChI=1S/C9H17NOP/c1-7(2)8-3-5-9(6-4-8)10-12-11/h7-8,12H,3-6H2,1-2H3/q-1. The first-order valence-corrected chi connectivity index (χ1v) is 5.52. The van der Waals surface area contributed by atoms with E-state index >= 15 is 0 Å². The normalized spacial score (nSPS) is 25.7. The molecule has 1 rings (SSSR count). The van der Waals surface area contributed by atoms with Gasteiger partial charge in [-0.2, -0.15) is 0 Å². The Hall–Kier alpha value is 0.0600. The number of hydrogen-bond acceptors (Lipinski definition) is 2. The van der Waals surface area contributed by atoms with Crippen molar-refractivity contribution in [3.63, 3.8) is 0 Å². The van der Waals surface area contributed by atoms with Gasteiger partial charge in [-0.15, -0.1) is 0 Å². The van der Waals surface area contributed by atoms with Gasteiger partial charge in [-0.25, -0.2) is 0 Å². The fraction of sp³-hybridized carbons (Fsp3) is 0.889. The van der Waals surface area contributed by atoms with Crippen LogP contribution in [0.1, 0.15) is 39.5 Å². The van der Waals surface area contributed by atoms with Gasteiger partial charge in [0.2, 0.25) is 0 Å². The molecule has 2 nitrogen and oxygen atoms in total. The molecule has 0 aromatic carbocycles. The highest BCUT2D eigenvalue weighted by atomic mass is 31.1. The highest BCUT2D eigenvalue weighted by Crippen LogP contribution is 2.29. The highest BCUT2D eigenvalue weighted by Gasteiger charge is 2.19. The Bertz CT molecular complexity index is 158. The van der Waals surface area contributed by atoms with E-state index in [0.29, 0.717) is 0 Å². The van der Waals surface area contributed by atoms with E-state index in [-0.39, 0.29) is 0 Å². The Morgan fingerprint density at radius 1 is 1.42 bits per heavy atom. The zero-order chi connectivity index (χ0) is 8.97. The van der Waals surface area contributed by atoms with Gasteiger partial charge in [0.15, 0.2) is 0 Å². The van der Waals surface area contributed by atoms with Crippen LogP contribution in [0.15, 0.2) is 4.76 Å². The van der Waals surface area contributed by atoms with Crippen molar-refractivity contribution in [3.05, 3.63) is 0 Å². The minimum Gasteiger partial charge on any atom is -0.814 e. The van der Waals surface area contributed by atoms with Crippen LogP contribution in [-0.2, 0) is 0 Å². The molecule has 0 aromatic rings. The van der Waals surface area contributed by atoms with E-state index in [1.54, 1.807) is 0 Å². The molecule has 12 heavy (non-hydrogen) atoms. The number of rotatable bonds is 2. The van der Waals surface area contributed by atoms with Crippen molar-refractivity contribution in [2.45, 2.75) is 39.5 Å². The lowest BCUT2D eigenvalue weighted by Gasteiger charge is -2.26. The topological polar surface area (TPSA) is 35.4 Å². The molecule has 70 valence electrons. The SMILES string of the molecule is CC(C)C1CCC(=NP[O-])CC1. The zero-order valence-corrected chi connectivity index (χ0v) is 8.84. The molecule has 0 saturated heterocycles. The van der Waals surface area contributed by atoms with E-state index in [1.807, 2.05) is 0 Å². The molecule has 0 aliphatic heterocycles. The average molecular weight is 186 g/mol. The van der Waals surface area contributed by atoms with Crippen LogP contribution >= 0.6 is 8.96 Å². The van der Waals surface area contributed by atoms with Crippen molar-refractivity contribution >= 4 is 14.7 Å². The van der Waals surface area contributed by atoms with E-state index in [2.05, 4.69) is 18.6 Å². The summed E-state index contributed by atoms with van der Waals surface area (Å²) in [5.74, 6) is 1.65. The predicted molar refractivity (Wildman–Crippen MR) is 52.5 cm³/mol. The lowest BCUT2D eigenvalue weighted by atomic mass is 9.81. The van der Waals surface area contributed by atoms with Gasteiger partial charge in [0.25, 0.3) is 0 Å². The largest absolute Gasteiger partial charge is 0.814 e. The average Bonchev–Trinajstić information content (AvgIpc) is 2.06. The summed E-state index contributed by atoms with van der Waals surface area (Å²) >= 11 is 0. The first-order chi connectivity index (χ1) is 5.74. The zero-order valence-electron chi connectivity index (χ0n) is 7.84. The van der Waals surface area contributed by atoms with E-state index in [4.69, 9.17) is 0 Å². The van der Waals surface area contributed by atoms with Gasteiger partial charge in [0.1, 0.15) is 0 Å². The second-order valence-corrected chi connectivity index (χ2v) is 4.26. The van der Waals surface area contributed by atoms with Crippen molar-refractivity contribution < 1.29 is 4.89 Å². The summed E-state index contributed by atoms with van der Waals surface area (Å²) < 4.78 is 3.97. The molecule has 0 amide bonds. The van der Waals surface area contributed by atoms with Crippen LogP contribution in [0.5, 0.6) is 0 Å².